The van der Waals surface area contributed by atoms with Gasteiger partial charge in [0, 0.05) is 5.41 Å². The van der Waals surface area contributed by atoms with Crippen molar-refractivity contribution < 1.29 is 35.6 Å². The maximum atomic E-state index is 10.7. The molecule has 0 radical (unpaired) electrons. The zero-order chi connectivity index (χ0) is 17.6. The van der Waals surface area contributed by atoms with Gasteiger partial charge in [-0.3, -0.25) is 10.6 Å². The highest BCUT2D eigenvalue weighted by Gasteiger charge is 2.36. The molecule has 0 aliphatic carbocycles. The van der Waals surface area contributed by atoms with Gasteiger partial charge in [0.15, 0.2) is 10.1 Å². The molecular weight excluding hydrogens is 317 g/mol. The van der Waals surface area contributed by atoms with Crippen molar-refractivity contribution in [2.45, 2.75) is 26.3 Å². The van der Waals surface area contributed by atoms with Gasteiger partial charge in [0.1, 0.15) is 5.84 Å². The van der Waals surface area contributed by atoms with Gasteiger partial charge in [0.25, 0.3) is 0 Å². The van der Waals surface area contributed by atoms with Crippen LogP contribution in [0.15, 0.2) is 5.16 Å². The second kappa shape index (κ2) is 7.45. The van der Waals surface area contributed by atoms with Crippen molar-refractivity contribution >= 4 is 22.0 Å². The lowest BCUT2D eigenvalue weighted by Crippen LogP contribution is -2.31. The fourth-order valence-corrected chi connectivity index (χ4v) is 0.315. The Morgan fingerprint density at radius 1 is 1.19 bits per heavy atom. The van der Waals surface area contributed by atoms with E-state index in [0.717, 1.165) is 0 Å². The molecule has 0 unspecified atom stereocenters. The molecule has 4 N–H and O–H groups in total. The van der Waals surface area contributed by atoms with Crippen LogP contribution in [-0.4, -0.2) is 49.0 Å². The summed E-state index contributed by atoms with van der Waals surface area (Å²) in [6.07, 6.45) is 0. The highest BCUT2D eigenvalue weighted by Crippen LogP contribution is 2.20. The average molecular weight is 336 g/mol. The van der Waals surface area contributed by atoms with Gasteiger partial charge >= 0.3 is 11.5 Å². The van der Waals surface area contributed by atoms with E-state index in [1.165, 1.54) is 0 Å². The molecule has 0 amide bonds. The van der Waals surface area contributed by atoms with Gasteiger partial charge in [-0.25, -0.2) is 13.0 Å². The highest BCUT2D eigenvalue weighted by molar-refractivity contribution is 7.86. The summed E-state index contributed by atoms with van der Waals surface area (Å²) in [5.41, 5.74) is 5.25. The van der Waals surface area contributed by atoms with Crippen LogP contribution >= 0.6 is 0 Å². The fourth-order valence-electron chi connectivity index (χ4n) is 0.315. The molecule has 0 saturated heterocycles. The Hall–Kier alpha value is -1.56. The number of oxime groups is 1. The van der Waals surface area contributed by atoms with E-state index in [9.17, 15) is 13.2 Å². The second-order valence-electron chi connectivity index (χ2n) is 4.95. The van der Waals surface area contributed by atoms with Crippen molar-refractivity contribution in [2.75, 3.05) is 14.1 Å². The minimum Gasteiger partial charge on any atom is -0.741 e. The molecule has 8 nitrogen and oxygen atoms in total. The van der Waals surface area contributed by atoms with Crippen LogP contribution in [0.25, 0.3) is 0 Å². The molecule has 12 heteroatoms. The number of alkyl halides is 3. The fraction of sp³-hybridized carbons (Fsp3) is 0.778. The van der Waals surface area contributed by atoms with E-state index in [-0.39, 0.29) is 11.4 Å². The van der Waals surface area contributed by atoms with E-state index in [2.05, 4.69) is 5.16 Å². The Balaban J connectivity index is 0. The van der Waals surface area contributed by atoms with Crippen molar-refractivity contribution in [3.8, 4) is 0 Å². The number of hydrogen-bond donors (Lipinski definition) is 2. The summed E-state index contributed by atoms with van der Waals surface area (Å²) in [6, 6.07) is 0.215. The molecule has 0 saturated carbocycles. The van der Waals surface area contributed by atoms with Crippen molar-refractivity contribution in [3.05, 3.63) is 0 Å². The molecule has 0 aromatic heterocycles. The van der Waals surface area contributed by atoms with Gasteiger partial charge in [-0.2, -0.15) is 13.2 Å². The summed E-state index contributed by atoms with van der Waals surface area (Å²) in [7, 11) is -2.57. The van der Waals surface area contributed by atoms with Gasteiger partial charge < -0.3 is 10.3 Å². The van der Waals surface area contributed by atoms with Gasteiger partial charge in [0.05, 0.1) is 14.1 Å². The van der Waals surface area contributed by atoms with Crippen molar-refractivity contribution in [2.24, 2.45) is 22.0 Å². The molecule has 126 valence electrons. The molecule has 0 heterocycles. The summed E-state index contributed by atoms with van der Waals surface area (Å²) < 4.78 is 60.5. The van der Waals surface area contributed by atoms with Gasteiger partial charge in [-0.1, -0.05) is 25.9 Å². The lowest BCUT2D eigenvalue weighted by atomic mass is 9.96. The first-order valence-electron chi connectivity index (χ1n) is 5.33. The quantitative estimate of drug-likeness (QED) is 0.172. The molecule has 0 atom stereocenters. The number of halogens is 3. The Morgan fingerprint density at radius 2 is 1.52 bits per heavy atom. The van der Waals surface area contributed by atoms with Crippen molar-refractivity contribution in [1.29, 1.82) is 0 Å². The number of amidine groups is 2. The predicted octanol–water partition coefficient (Wildman–Crippen LogP) is -0.0405. The van der Waals surface area contributed by atoms with Crippen LogP contribution in [0.3, 0.4) is 0 Å². The third-order valence-electron chi connectivity index (χ3n) is 1.73. The first kappa shape index (κ1) is 21.7. The second-order valence-corrected chi connectivity index (χ2v) is 6.32. The van der Waals surface area contributed by atoms with Gasteiger partial charge in [-0.05, 0) is 0 Å². The number of hydrogen-bond acceptors (Lipinski definition) is 5. The number of rotatable bonds is 1. The minimum atomic E-state index is -6.09. The van der Waals surface area contributed by atoms with Crippen LogP contribution in [0.4, 0.5) is 13.2 Å². The topological polar surface area (TPSA) is 134 Å². The normalized spacial score (nSPS) is 13.1. The van der Waals surface area contributed by atoms with Crippen molar-refractivity contribution in [3.63, 3.8) is 0 Å². The summed E-state index contributed by atoms with van der Waals surface area (Å²) in [5.74, 6) is 0.414. The largest absolute Gasteiger partial charge is 0.741 e. The Bertz CT molecular complexity index is 502. The standard InChI is InChI=1S/C8H18N4O.CHF3O3S/c1-8(2,3)6(9)11-13-7(10)12(4)5;2-1(3,4)8(5,6)7/h10H,1-5H3,(H2,9,11);(H,5,6,7). The van der Waals surface area contributed by atoms with E-state index in [4.69, 9.17) is 29.3 Å². The van der Waals surface area contributed by atoms with Crippen LogP contribution in [0.1, 0.15) is 20.8 Å². The Labute approximate surface area is 121 Å². The Morgan fingerprint density at radius 3 is 1.71 bits per heavy atom. The molecule has 0 spiro atoms. The number of nitrogens with zero attached hydrogens (tertiary/aromatic N) is 2. The van der Waals surface area contributed by atoms with Gasteiger partial charge in [0.2, 0.25) is 0 Å². The van der Waals surface area contributed by atoms with E-state index in [0.29, 0.717) is 5.84 Å². The SMILES string of the molecule is C[N+](C)=C(N)O/N=C(\N)C(C)(C)C.O=S(=O)([O-])C(F)(F)F. The predicted molar refractivity (Wildman–Crippen MR) is 69.2 cm³/mol. The molecule has 21 heavy (non-hydrogen) atoms. The third-order valence-corrected chi connectivity index (χ3v) is 2.30. The molecule has 0 aromatic rings. The summed E-state index contributed by atoms with van der Waals surface area (Å²) in [4.78, 5) is 4.88. The molecule has 0 bridgehead atoms. The zero-order valence-electron chi connectivity index (χ0n) is 12.2. The van der Waals surface area contributed by atoms with Crippen LogP contribution in [0.5, 0.6) is 0 Å². The van der Waals surface area contributed by atoms with Gasteiger partial charge in [-0.15, -0.1) is 0 Å². The molecule has 0 aliphatic heterocycles. The molecular formula is C9H19F3N4O4S. The summed E-state index contributed by atoms with van der Waals surface area (Å²) in [6.45, 7) is 5.84. The monoisotopic (exact) mass is 336 g/mol. The number of nitrogens with two attached hydrogens (primary N) is 2. The summed E-state index contributed by atoms with van der Waals surface area (Å²) in [5, 5.41) is 3.71. The van der Waals surface area contributed by atoms with Crippen molar-refractivity contribution in [1.82, 2.24) is 0 Å². The van der Waals surface area contributed by atoms with E-state index < -0.39 is 15.6 Å². The Kier molecular flexibility index (Phi) is 7.71. The van der Waals surface area contributed by atoms with Crippen LogP contribution in [0, 0.1) is 5.41 Å². The van der Waals surface area contributed by atoms with E-state index >= 15 is 0 Å². The van der Waals surface area contributed by atoms with E-state index in [1.807, 2.05) is 20.8 Å². The molecule has 0 aromatic carbocycles. The smallest absolute Gasteiger partial charge is 0.485 e. The maximum Gasteiger partial charge on any atom is 0.485 e. The first-order valence-corrected chi connectivity index (χ1v) is 6.74. The highest BCUT2D eigenvalue weighted by atomic mass is 32.2. The first-order chi connectivity index (χ1) is 9.00. The van der Waals surface area contributed by atoms with E-state index in [1.54, 1.807) is 18.7 Å². The maximum absolute atomic E-state index is 10.7. The third kappa shape index (κ3) is 9.90. The average Bonchev–Trinajstić information content (AvgIpc) is 2.21. The van der Waals surface area contributed by atoms with Crippen LogP contribution in [-0.2, 0) is 15.0 Å². The van der Waals surface area contributed by atoms with Crippen LogP contribution < -0.4 is 11.5 Å². The lowest BCUT2D eigenvalue weighted by Gasteiger charge is -2.15. The minimum absolute atomic E-state index is 0.202. The summed E-state index contributed by atoms with van der Waals surface area (Å²) >= 11 is 0. The molecule has 0 aliphatic rings. The van der Waals surface area contributed by atoms with Crippen LogP contribution in [0.2, 0.25) is 0 Å². The lowest BCUT2D eigenvalue weighted by molar-refractivity contribution is -0.475. The molecule has 0 fully saturated rings. The molecule has 0 rings (SSSR count). The zero-order valence-corrected chi connectivity index (χ0v) is 13.0.